The number of H-pyrrole nitrogens is 1. The van der Waals surface area contributed by atoms with Gasteiger partial charge in [-0.25, -0.2) is 4.39 Å². The molecule has 0 aliphatic heterocycles. The molecule has 3 aliphatic carbocycles. The molecule has 1 heterocycles. The van der Waals surface area contributed by atoms with Crippen LogP contribution in [0, 0.1) is 5.41 Å². The first-order valence-electron chi connectivity index (χ1n) is 7.55. The van der Waals surface area contributed by atoms with Crippen molar-refractivity contribution in [3.05, 3.63) is 36.0 Å². The molecule has 2 bridgehead atoms. The van der Waals surface area contributed by atoms with E-state index in [1.54, 1.807) is 0 Å². The zero-order valence-corrected chi connectivity index (χ0v) is 12.1. The van der Waals surface area contributed by atoms with Crippen LogP contribution in [0.2, 0.25) is 0 Å². The second kappa shape index (κ2) is 4.09. The van der Waals surface area contributed by atoms with Gasteiger partial charge in [0.15, 0.2) is 0 Å². The molecule has 3 nitrogen and oxygen atoms in total. The molecule has 0 spiro atoms. The Kier molecular flexibility index (Phi) is 2.51. The lowest BCUT2D eigenvalue weighted by atomic mass is 9.42. The highest BCUT2D eigenvalue weighted by molar-refractivity contribution is 5.87. The van der Waals surface area contributed by atoms with E-state index in [1.165, 1.54) is 10.9 Å². The van der Waals surface area contributed by atoms with Gasteiger partial charge in [0, 0.05) is 23.1 Å². The van der Waals surface area contributed by atoms with Crippen molar-refractivity contribution in [1.82, 2.24) is 10.3 Å². The van der Waals surface area contributed by atoms with E-state index in [0.717, 1.165) is 11.9 Å². The molecule has 1 atom stereocenters. The summed E-state index contributed by atoms with van der Waals surface area (Å²) in [4.78, 5) is 15.5. The second-order valence-corrected chi connectivity index (χ2v) is 6.90. The van der Waals surface area contributed by atoms with Crippen molar-refractivity contribution in [1.29, 1.82) is 0 Å². The summed E-state index contributed by atoms with van der Waals surface area (Å²) in [6, 6.07) is 8.21. The Morgan fingerprint density at radius 1 is 1.38 bits per heavy atom. The third kappa shape index (κ3) is 1.88. The lowest BCUT2D eigenvalue weighted by Gasteiger charge is -2.64. The summed E-state index contributed by atoms with van der Waals surface area (Å²) in [5.74, 6) is 0.0365. The van der Waals surface area contributed by atoms with Crippen LogP contribution < -0.4 is 5.32 Å². The zero-order valence-electron chi connectivity index (χ0n) is 12.1. The van der Waals surface area contributed by atoms with Crippen LogP contribution in [0.5, 0.6) is 0 Å². The number of alkyl halides is 1. The topological polar surface area (TPSA) is 44.9 Å². The molecule has 110 valence electrons. The summed E-state index contributed by atoms with van der Waals surface area (Å²) in [7, 11) is 0. The minimum atomic E-state index is -1.02. The molecule has 1 aromatic carbocycles. The van der Waals surface area contributed by atoms with E-state index in [4.69, 9.17) is 0 Å². The number of halogens is 1. The van der Waals surface area contributed by atoms with Crippen molar-refractivity contribution >= 4 is 16.8 Å². The number of hydrogen-bond donors (Lipinski definition) is 2. The van der Waals surface area contributed by atoms with E-state index < -0.39 is 5.67 Å². The minimum absolute atomic E-state index is 0.0365. The highest BCUT2D eigenvalue weighted by Crippen LogP contribution is 2.69. The first-order valence-corrected chi connectivity index (χ1v) is 7.55. The summed E-state index contributed by atoms with van der Waals surface area (Å²) < 4.78 is 13.5. The number of para-hydroxylation sites is 1. The highest BCUT2D eigenvalue weighted by atomic mass is 19.1. The average molecular weight is 286 g/mol. The maximum atomic E-state index is 13.5. The Hall–Kier alpha value is -1.84. The van der Waals surface area contributed by atoms with Gasteiger partial charge >= 0.3 is 0 Å². The Morgan fingerprint density at radius 3 is 2.81 bits per heavy atom. The Balaban J connectivity index is 1.42. The number of carbonyl (C=O) groups is 1. The summed E-state index contributed by atoms with van der Waals surface area (Å²) >= 11 is 0. The number of carbonyl (C=O) groups excluding carboxylic acids is 1. The fraction of sp³-hybridized carbons (Fsp3) is 0.471. The maximum Gasteiger partial charge on any atom is 0.226 e. The smallest absolute Gasteiger partial charge is 0.226 e. The zero-order chi connectivity index (χ0) is 14.7. The predicted molar refractivity (Wildman–Crippen MR) is 79.7 cm³/mol. The van der Waals surface area contributed by atoms with E-state index in [-0.39, 0.29) is 17.4 Å². The van der Waals surface area contributed by atoms with Gasteiger partial charge in [-0.15, -0.1) is 0 Å². The fourth-order valence-corrected chi connectivity index (χ4v) is 3.96. The monoisotopic (exact) mass is 286 g/mol. The summed E-state index contributed by atoms with van der Waals surface area (Å²) in [6.07, 6.45) is 4.06. The van der Waals surface area contributed by atoms with Gasteiger partial charge in [0.25, 0.3) is 0 Å². The summed E-state index contributed by atoms with van der Waals surface area (Å²) in [5, 5.41) is 4.26. The number of fused-ring (bicyclic) bond motifs is 1. The SMILES string of the molecule is CC(Cc1c[nH]c2ccccc12)NC(=O)C12CC(F)(C1)C2. The molecule has 21 heavy (non-hydrogen) atoms. The molecule has 0 radical (unpaired) electrons. The van der Waals surface area contributed by atoms with Crippen molar-refractivity contribution < 1.29 is 9.18 Å². The van der Waals surface area contributed by atoms with Crippen LogP contribution in [0.4, 0.5) is 4.39 Å². The van der Waals surface area contributed by atoms with Crippen molar-refractivity contribution in [2.24, 2.45) is 5.41 Å². The standard InChI is InChI=1S/C17H19FN2O/c1-11(20-15(21)16-8-17(18,9-16)10-16)6-12-7-19-14-5-3-2-4-13(12)14/h2-5,7,11,19H,6,8-10H2,1H3,(H,20,21). The van der Waals surface area contributed by atoms with Crippen molar-refractivity contribution in [2.75, 3.05) is 0 Å². The van der Waals surface area contributed by atoms with Crippen LogP contribution in [-0.4, -0.2) is 22.6 Å². The van der Waals surface area contributed by atoms with Gasteiger partial charge in [-0.3, -0.25) is 4.79 Å². The molecule has 1 aromatic heterocycles. The van der Waals surface area contributed by atoms with Crippen molar-refractivity contribution in [2.45, 2.75) is 44.3 Å². The fourth-order valence-electron chi connectivity index (χ4n) is 3.96. The van der Waals surface area contributed by atoms with E-state index in [9.17, 15) is 9.18 Å². The van der Waals surface area contributed by atoms with Gasteiger partial charge in [-0.1, -0.05) is 18.2 Å². The molecule has 1 unspecified atom stereocenters. The first-order chi connectivity index (χ1) is 10.00. The number of hydrogen-bond acceptors (Lipinski definition) is 1. The Labute approximate surface area is 122 Å². The molecular weight excluding hydrogens is 267 g/mol. The van der Waals surface area contributed by atoms with Gasteiger partial charge in [0.1, 0.15) is 5.67 Å². The van der Waals surface area contributed by atoms with Crippen LogP contribution in [0.25, 0.3) is 10.9 Å². The van der Waals surface area contributed by atoms with E-state index in [0.29, 0.717) is 19.3 Å². The molecule has 1 amide bonds. The average Bonchev–Trinajstić information content (AvgIpc) is 2.77. The third-order valence-electron chi connectivity index (χ3n) is 5.03. The Morgan fingerprint density at radius 2 is 2.10 bits per heavy atom. The van der Waals surface area contributed by atoms with Gasteiger partial charge in [-0.2, -0.15) is 0 Å². The number of amides is 1. The van der Waals surface area contributed by atoms with Crippen LogP contribution in [0.1, 0.15) is 31.7 Å². The number of nitrogens with one attached hydrogen (secondary N) is 2. The molecule has 4 heteroatoms. The highest BCUT2D eigenvalue weighted by Gasteiger charge is 2.72. The van der Waals surface area contributed by atoms with Gasteiger partial charge in [0.2, 0.25) is 5.91 Å². The largest absolute Gasteiger partial charge is 0.361 e. The first kappa shape index (κ1) is 12.9. The van der Waals surface area contributed by atoms with Crippen molar-refractivity contribution in [3.8, 4) is 0 Å². The molecule has 3 saturated carbocycles. The molecule has 3 aliphatic rings. The van der Waals surface area contributed by atoms with E-state index in [1.807, 2.05) is 31.3 Å². The molecule has 2 aromatic rings. The summed E-state index contributed by atoms with van der Waals surface area (Å²) in [5.41, 5.74) is 0.920. The molecule has 0 saturated heterocycles. The number of aromatic amines is 1. The third-order valence-corrected chi connectivity index (χ3v) is 5.03. The minimum Gasteiger partial charge on any atom is -0.361 e. The van der Waals surface area contributed by atoms with Crippen LogP contribution in [0.15, 0.2) is 30.5 Å². The Bertz CT molecular complexity index is 701. The molecular formula is C17H19FN2O. The second-order valence-electron chi connectivity index (χ2n) is 6.90. The molecule has 3 fully saturated rings. The lowest BCUT2D eigenvalue weighted by molar-refractivity contribution is -0.214. The number of benzene rings is 1. The quantitative estimate of drug-likeness (QED) is 0.891. The van der Waals surface area contributed by atoms with Crippen LogP contribution in [0.3, 0.4) is 0 Å². The van der Waals surface area contributed by atoms with E-state index in [2.05, 4.69) is 16.4 Å². The summed E-state index contributed by atoms with van der Waals surface area (Å²) in [6.45, 7) is 2.01. The maximum absolute atomic E-state index is 13.5. The normalized spacial score (nSPS) is 31.3. The molecule has 5 rings (SSSR count). The van der Waals surface area contributed by atoms with Gasteiger partial charge in [-0.05, 0) is 44.2 Å². The number of rotatable bonds is 4. The van der Waals surface area contributed by atoms with E-state index >= 15 is 0 Å². The predicted octanol–water partition coefficient (Wildman–Crippen LogP) is 3.11. The van der Waals surface area contributed by atoms with Gasteiger partial charge < -0.3 is 10.3 Å². The molecule has 2 N–H and O–H groups in total. The van der Waals surface area contributed by atoms with Crippen molar-refractivity contribution in [3.63, 3.8) is 0 Å². The van der Waals surface area contributed by atoms with Crippen LogP contribution >= 0.6 is 0 Å². The van der Waals surface area contributed by atoms with Gasteiger partial charge in [0.05, 0.1) is 5.41 Å². The number of aromatic nitrogens is 1. The van der Waals surface area contributed by atoms with Crippen LogP contribution in [-0.2, 0) is 11.2 Å². The lowest BCUT2D eigenvalue weighted by Crippen LogP contribution is -2.70.